The molecule has 20 heavy (non-hydrogen) atoms. The molecular formula is C14H10O4Ru2+2. The summed E-state index contributed by atoms with van der Waals surface area (Å²) in [5.41, 5.74) is 0. The zero-order chi connectivity index (χ0) is 15.1. The Balaban J connectivity index is -0.0000000311. The second kappa shape index (κ2) is 61.1. The Morgan fingerprint density at radius 2 is 0.350 bits per heavy atom. The van der Waals surface area contributed by atoms with Crippen LogP contribution in [0.4, 0.5) is 0 Å². The summed E-state index contributed by atoms with van der Waals surface area (Å²) in [6.45, 7) is 18.0. The molecule has 104 valence electrons. The van der Waals surface area contributed by atoms with Gasteiger partial charge in [-0.25, -0.2) is 0 Å². The number of rotatable bonds is 0. The van der Waals surface area contributed by atoms with Crippen molar-refractivity contribution in [2.75, 3.05) is 0 Å². The van der Waals surface area contributed by atoms with Crippen molar-refractivity contribution in [2.45, 2.75) is 0 Å². The molecule has 0 aromatic heterocycles. The Bertz CT molecular complexity index is 143. The smallest absolute Gasteiger partial charge is 0.0312 e. The van der Waals surface area contributed by atoms with Gasteiger partial charge in [0.1, 0.15) is 0 Å². The Kier molecular flexibility index (Phi) is 113. The fourth-order valence-corrected chi connectivity index (χ4v) is 0.642. The average molecular weight is 444 g/mol. The zero-order valence-electron chi connectivity index (χ0n) is 10.1. The van der Waals surface area contributed by atoms with Gasteiger partial charge in [0, 0.05) is 0 Å². The van der Waals surface area contributed by atoms with Crippen LogP contribution >= 0.6 is 0 Å². The van der Waals surface area contributed by atoms with Gasteiger partial charge in [-0.05, 0) is 64.2 Å². The Hall–Kier alpha value is 0.207. The van der Waals surface area contributed by atoms with Crippen molar-refractivity contribution in [3.63, 3.8) is 0 Å². The van der Waals surface area contributed by atoms with Crippen LogP contribution in [0.1, 0.15) is 0 Å². The molecule has 2 saturated carbocycles. The van der Waals surface area contributed by atoms with E-state index >= 15 is 0 Å². The van der Waals surface area contributed by atoms with Crippen LogP contribution in [0.3, 0.4) is 0 Å². The summed E-state index contributed by atoms with van der Waals surface area (Å²) in [5, 5.41) is 0. The molecular weight excluding hydrogens is 434 g/mol. The standard InChI is InChI=1S/2C5H5.4CO.2Ru/c2*1-2-4-5-3-1;4*1-2;;/h2*1-5H;;;;;;/q;;;;;;2*+1. The molecule has 6 heteroatoms. The molecule has 2 aliphatic rings. The van der Waals surface area contributed by atoms with Gasteiger partial charge in [-0.15, -0.1) is 0 Å². The summed E-state index contributed by atoms with van der Waals surface area (Å²) in [7, 11) is 0. The maximum Gasteiger partial charge on any atom is 1.00 e. The van der Waals surface area contributed by atoms with E-state index in [0.29, 0.717) is 0 Å². The SMILES string of the molecule is [C-]#[O+].[C-]#[O+].[C-]#[O+].[C-]#[O+].[CH]1[CH][CH][CH][CH]1.[CH]1[CH][CH][CH][CH]1.[Ru+].[Ru+]. The minimum absolute atomic E-state index is 0. The second-order valence-electron chi connectivity index (χ2n) is 1.92. The third-order valence-electron chi connectivity index (χ3n) is 1.11. The fraction of sp³-hybridized carbons (Fsp3) is 0. The average Bonchev–Trinajstić information content (AvgIpc) is 3.25. The molecule has 2 rings (SSSR count). The number of hydrogen-bond acceptors (Lipinski definition) is 0. The first-order chi connectivity index (χ1) is 9.00. The van der Waals surface area contributed by atoms with Crippen molar-refractivity contribution < 1.29 is 57.6 Å². The zero-order valence-corrected chi connectivity index (χ0v) is 13.6. The van der Waals surface area contributed by atoms with Gasteiger partial charge in [-0.1, -0.05) is 0 Å². The molecule has 0 aromatic rings. The van der Waals surface area contributed by atoms with E-state index in [1.807, 2.05) is 64.2 Å². The quantitative estimate of drug-likeness (QED) is 0.311. The van der Waals surface area contributed by atoms with Crippen molar-refractivity contribution in [1.29, 1.82) is 0 Å². The molecule has 0 spiro atoms. The van der Waals surface area contributed by atoms with Crippen molar-refractivity contribution in [3.8, 4) is 0 Å². The van der Waals surface area contributed by atoms with E-state index in [-0.39, 0.29) is 39.0 Å². The largest absolute Gasteiger partial charge is 1.00 e. The fourth-order valence-electron chi connectivity index (χ4n) is 0.642. The molecule has 12 radical (unpaired) electrons. The van der Waals surface area contributed by atoms with Crippen molar-refractivity contribution in [2.24, 2.45) is 0 Å². The summed E-state index contributed by atoms with van der Waals surface area (Å²) in [6, 6.07) is 0. The van der Waals surface area contributed by atoms with E-state index in [2.05, 4.69) is 26.6 Å². The van der Waals surface area contributed by atoms with Gasteiger partial charge in [0.2, 0.25) is 0 Å². The maximum absolute atomic E-state index is 7.50. The minimum atomic E-state index is 0. The molecule has 0 N–H and O–H groups in total. The van der Waals surface area contributed by atoms with Gasteiger partial charge in [0.15, 0.2) is 0 Å². The van der Waals surface area contributed by atoms with Crippen LogP contribution in [0.2, 0.25) is 0 Å². The van der Waals surface area contributed by atoms with Crippen LogP contribution in [0, 0.1) is 90.8 Å². The topological polar surface area (TPSA) is 79.6 Å². The first-order valence-corrected chi connectivity index (χ1v) is 4.15. The Morgan fingerprint density at radius 1 is 0.300 bits per heavy atom. The van der Waals surface area contributed by atoms with Crippen LogP contribution in [0.15, 0.2) is 0 Å². The summed E-state index contributed by atoms with van der Waals surface area (Å²) in [5.74, 6) is 0. The number of hydrogen-bond donors (Lipinski definition) is 0. The summed E-state index contributed by atoms with van der Waals surface area (Å²) in [6.07, 6.45) is 20.0. The molecule has 0 unspecified atom stereocenters. The third kappa shape index (κ3) is 51.7. The molecule has 0 saturated heterocycles. The van der Waals surface area contributed by atoms with Gasteiger partial charge in [-0.2, -0.15) is 0 Å². The molecule has 0 aliphatic heterocycles. The second-order valence-corrected chi connectivity index (χ2v) is 1.92. The predicted octanol–water partition coefficient (Wildman–Crippen LogP) is 1.89. The van der Waals surface area contributed by atoms with Gasteiger partial charge < -0.3 is 0 Å². The van der Waals surface area contributed by atoms with E-state index in [9.17, 15) is 0 Å². The van der Waals surface area contributed by atoms with Gasteiger partial charge in [0.05, 0.1) is 0 Å². The predicted molar refractivity (Wildman–Crippen MR) is 58.7 cm³/mol. The maximum atomic E-state index is 7.50. The minimum Gasteiger partial charge on any atom is -0.0312 e. The molecule has 4 nitrogen and oxygen atoms in total. The first-order valence-electron chi connectivity index (χ1n) is 4.15. The molecule has 0 aromatic carbocycles. The molecule has 2 aliphatic carbocycles. The molecule has 0 bridgehead atoms. The third-order valence-corrected chi connectivity index (χ3v) is 1.11. The van der Waals surface area contributed by atoms with Gasteiger partial charge in [0.25, 0.3) is 0 Å². The van der Waals surface area contributed by atoms with Crippen molar-refractivity contribution >= 4 is 0 Å². The van der Waals surface area contributed by atoms with Crippen LogP contribution in [0.25, 0.3) is 0 Å². The van der Waals surface area contributed by atoms with Crippen LogP contribution in [-0.4, -0.2) is 0 Å². The van der Waals surface area contributed by atoms with Crippen LogP contribution in [-0.2, 0) is 57.6 Å². The molecule has 0 atom stereocenters. The van der Waals surface area contributed by atoms with Crippen molar-refractivity contribution in [3.05, 3.63) is 90.8 Å². The van der Waals surface area contributed by atoms with E-state index in [4.69, 9.17) is 18.6 Å². The van der Waals surface area contributed by atoms with E-state index < -0.39 is 0 Å². The summed E-state index contributed by atoms with van der Waals surface area (Å²) < 4.78 is 30.0. The van der Waals surface area contributed by atoms with Crippen molar-refractivity contribution in [1.82, 2.24) is 0 Å². The van der Waals surface area contributed by atoms with E-state index in [0.717, 1.165) is 0 Å². The Labute approximate surface area is 148 Å². The van der Waals surface area contributed by atoms with E-state index in [1.54, 1.807) is 0 Å². The van der Waals surface area contributed by atoms with Gasteiger partial charge in [-0.3, -0.25) is 0 Å². The first kappa shape index (κ1) is 36.9. The molecule has 0 amide bonds. The normalized spacial score (nSPS) is 12.4. The summed E-state index contributed by atoms with van der Waals surface area (Å²) >= 11 is 0. The molecule has 2 fully saturated rings. The monoisotopic (exact) mass is 446 g/mol. The van der Waals surface area contributed by atoms with Gasteiger partial charge >= 0.3 is 84.2 Å². The summed E-state index contributed by atoms with van der Waals surface area (Å²) in [4.78, 5) is 0. The Morgan fingerprint density at radius 3 is 0.400 bits per heavy atom. The van der Waals surface area contributed by atoms with Crippen LogP contribution < -0.4 is 0 Å². The van der Waals surface area contributed by atoms with Crippen LogP contribution in [0.5, 0.6) is 0 Å². The van der Waals surface area contributed by atoms with E-state index in [1.165, 1.54) is 0 Å². The molecule has 0 heterocycles.